The summed E-state index contributed by atoms with van der Waals surface area (Å²) >= 11 is 0. The molecule has 1 fully saturated rings. The SMILES string of the molecule is O=C(NCc1ccc(F)cc1F)c1cn2c(c(O)c1=O)C(=O)N1CC[C@H](F)C[C@H]2C1. The van der Waals surface area contributed by atoms with Gasteiger partial charge in [-0.2, -0.15) is 0 Å². The van der Waals surface area contributed by atoms with Gasteiger partial charge < -0.3 is 19.9 Å². The molecular formula is C20H18F3N3O4. The third-order valence-corrected chi connectivity index (χ3v) is 5.46. The summed E-state index contributed by atoms with van der Waals surface area (Å²) in [7, 11) is 0. The fraction of sp³-hybridized carbons (Fsp3) is 0.350. The zero-order valence-corrected chi connectivity index (χ0v) is 15.7. The Morgan fingerprint density at radius 1 is 1.27 bits per heavy atom. The van der Waals surface area contributed by atoms with Crippen LogP contribution >= 0.6 is 0 Å². The second-order valence-electron chi connectivity index (χ2n) is 7.42. The topological polar surface area (TPSA) is 91.6 Å². The molecule has 0 aliphatic carbocycles. The second kappa shape index (κ2) is 7.51. The summed E-state index contributed by atoms with van der Waals surface area (Å²) in [5.74, 6) is -4.02. The lowest BCUT2D eigenvalue weighted by atomic mass is 10.0. The number of hydrogen-bond donors (Lipinski definition) is 2. The summed E-state index contributed by atoms with van der Waals surface area (Å²) < 4.78 is 42.1. The van der Waals surface area contributed by atoms with E-state index in [2.05, 4.69) is 5.32 Å². The molecule has 1 aromatic carbocycles. The number of benzene rings is 1. The monoisotopic (exact) mass is 421 g/mol. The lowest BCUT2D eigenvalue weighted by Gasteiger charge is -2.34. The molecule has 3 heterocycles. The number of carbonyl (C=O) groups excluding carboxylic acids is 2. The number of hydrogen-bond acceptors (Lipinski definition) is 4. The van der Waals surface area contributed by atoms with E-state index in [4.69, 9.17) is 0 Å². The summed E-state index contributed by atoms with van der Waals surface area (Å²) in [5, 5.41) is 12.7. The number of alkyl halides is 1. The van der Waals surface area contributed by atoms with Crippen LogP contribution < -0.4 is 10.7 Å². The van der Waals surface area contributed by atoms with E-state index in [0.717, 1.165) is 18.3 Å². The number of rotatable bonds is 3. The smallest absolute Gasteiger partial charge is 0.274 e. The Balaban J connectivity index is 1.67. The third kappa shape index (κ3) is 3.42. The Hall–Kier alpha value is -3.30. The number of nitrogens with one attached hydrogen (secondary N) is 1. The maximum atomic E-state index is 14.1. The first-order valence-corrected chi connectivity index (χ1v) is 9.40. The largest absolute Gasteiger partial charge is 0.503 e. The first-order valence-electron chi connectivity index (χ1n) is 9.40. The minimum Gasteiger partial charge on any atom is -0.503 e. The second-order valence-corrected chi connectivity index (χ2v) is 7.42. The summed E-state index contributed by atoms with van der Waals surface area (Å²) in [4.78, 5) is 39.1. The predicted molar refractivity (Wildman–Crippen MR) is 99.0 cm³/mol. The molecule has 2 bridgehead atoms. The van der Waals surface area contributed by atoms with Gasteiger partial charge in [0, 0.05) is 43.9 Å². The molecule has 10 heteroatoms. The first-order chi connectivity index (χ1) is 14.3. The molecule has 2 N–H and O–H groups in total. The minimum absolute atomic E-state index is 0.00175. The molecule has 2 aliphatic heterocycles. The van der Waals surface area contributed by atoms with Crippen LogP contribution in [0.1, 0.15) is 45.3 Å². The number of pyridine rings is 1. The van der Waals surface area contributed by atoms with Gasteiger partial charge in [0.15, 0.2) is 11.4 Å². The van der Waals surface area contributed by atoms with Crippen LogP contribution in [0.2, 0.25) is 0 Å². The van der Waals surface area contributed by atoms with Crippen molar-refractivity contribution in [2.45, 2.75) is 31.6 Å². The number of aromatic hydroxyl groups is 1. The van der Waals surface area contributed by atoms with E-state index in [9.17, 15) is 32.7 Å². The van der Waals surface area contributed by atoms with Crippen LogP contribution in [0.25, 0.3) is 0 Å². The Morgan fingerprint density at radius 2 is 2.03 bits per heavy atom. The van der Waals surface area contributed by atoms with Gasteiger partial charge in [-0.3, -0.25) is 14.4 Å². The van der Waals surface area contributed by atoms with E-state index in [1.165, 1.54) is 9.47 Å². The van der Waals surface area contributed by atoms with E-state index < -0.39 is 52.4 Å². The Kier molecular flexibility index (Phi) is 5.00. The van der Waals surface area contributed by atoms with Crippen molar-refractivity contribution in [2.75, 3.05) is 13.1 Å². The molecule has 0 unspecified atom stereocenters. The zero-order chi connectivity index (χ0) is 21.6. The lowest BCUT2D eigenvalue weighted by Crippen LogP contribution is -2.44. The molecule has 2 aliphatic rings. The number of nitrogens with zero attached hydrogens (tertiary/aromatic N) is 2. The van der Waals surface area contributed by atoms with Crippen LogP contribution in [0, 0.1) is 11.6 Å². The lowest BCUT2D eigenvalue weighted by molar-refractivity contribution is 0.0677. The van der Waals surface area contributed by atoms with Crippen LogP contribution in [0.5, 0.6) is 5.75 Å². The average molecular weight is 421 g/mol. The summed E-state index contributed by atoms with van der Waals surface area (Å²) in [5.41, 5.74) is -1.78. The molecule has 30 heavy (non-hydrogen) atoms. The van der Waals surface area contributed by atoms with E-state index in [-0.39, 0.29) is 43.7 Å². The minimum atomic E-state index is -1.17. The normalized spacial score (nSPS) is 20.5. The highest BCUT2D eigenvalue weighted by atomic mass is 19.1. The van der Waals surface area contributed by atoms with Gasteiger partial charge in [-0.1, -0.05) is 6.07 Å². The molecule has 2 amide bonds. The van der Waals surface area contributed by atoms with Crippen molar-refractivity contribution in [2.24, 2.45) is 0 Å². The van der Waals surface area contributed by atoms with Crippen LogP contribution in [0.3, 0.4) is 0 Å². The van der Waals surface area contributed by atoms with E-state index >= 15 is 0 Å². The van der Waals surface area contributed by atoms with E-state index in [0.29, 0.717) is 6.07 Å². The Labute approximate surface area is 168 Å². The number of amides is 2. The fourth-order valence-corrected chi connectivity index (χ4v) is 3.88. The molecule has 0 spiro atoms. The molecule has 2 aromatic rings. The molecule has 1 saturated heterocycles. The highest BCUT2D eigenvalue weighted by Gasteiger charge is 2.38. The van der Waals surface area contributed by atoms with E-state index in [1.807, 2.05) is 0 Å². The van der Waals surface area contributed by atoms with Crippen molar-refractivity contribution in [1.82, 2.24) is 14.8 Å². The van der Waals surface area contributed by atoms with Gasteiger partial charge in [0.25, 0.3) is 11.8 Å². The quantitative estimate of drug-likeness (QED) is 0.792. The van der Waals surface area contributed by atoms with Crippen LogP contribution in [0.15, 0.2) is 29.2 Å². The maximum Gasteiger partial charge on any atom is 0.274 e. The van der Waals surface area contributed by atoms with Gasteiger partial charge in [0.1, 0.15) is 23.4 Å². The molecule has 2 atom stereocenters. The van der Waals surface area contributed by atoms with Gasteiger partial charge in [0.05, 0.1) is 6.04 Å². The zero-order valence-electron chi connectivity index (χ0n) is 15.7. The summed E-state index contributed by atoms with van der Waals surface area (Å²) in [6.07, 6.45) is 0.185. The molecule has 0 saturated carbocycles. The molecular weight excluding hydrogens is 403 g/mol. The van der Waals surface area contributed by atoms with Gasteiger partial charge >= 0.3 is 0 Å². The molecule has 1 aromatic heterocycles. The van der Waals surface area contributed by atoms with Crippen molar-refractivity contribution in [1.29, 1.82) is 0 Å². The molecule has 4 rings (SSSR count). The predicted octanol–water partition coefficient (Wildman–Crippen LogP) is 1.89. The standard InChI is InChI=1S/C20H18F3N3O4/c21-11-2-1-10(15(23)6-11)7-24-19(29)14-9-26-13-5-12(22)3-4-25(8-13)20(30)16(26)18(28)17(14)27/h1-2,6,9,12-13,28H,3-5,7-8H2,(H,24,29)/t12-,13-/m0/s1. The summed E-state index contributed by atoms with van der Waals surface area (Å²) in [6, 6.07) is 2.31. The van der Waals surface area contributed by atoms with Crippen LogP contribution in [0.4, 0.5) is 13.2 Å². The average Bonchev–Trinajstić information content (AvgIpc) is 2.87. The van der Waals surface area contributed by atoms with Gasteiger partial charge in [-0.15, -0.1) is 0 Å². The first kappa shape index (κ1) is 20.0. The molecule has 0 radical (unpaired) electrons. The number of halogens is 3. The third-order valence-electron chi connectivity index (χ3n) is 5.46. The molecule has 7 nitrogen and oxygen atoms in total. The maximum absolute atomic E-state index is 14.1. The summed E-state index contributed by atoms with van der Waals surface area (Å²) in [6.45, 7) is 0.0571. The van der Waals surface area contributed by atoms with Gasteiger partial charge in [-0.25, -0.2) is 13.2 Å². The number of aromatic nitrogens is 1. The Morgan fingerprint density at radius 3 is 2.77 bits per heavy atom. The van der Waals surface area contributed by atoms with Crippen molar-refractivity contribution in [3.8, 4) is 5.75 Å². The van der Waals surface area contributed by atoms with Crippen LogP contribution in [-0.4, -0.2) is 45.6 Å². The highest BCUT2D eigenvalue weighted by molar-refractivity contribution is 5.99. The number of carbonyl (C=O) groups is 2. The van der Waals surface area contributed by atoms with Crippen molar-refractivity contribution in [3.63, 3.8) is 0 Å². The highest BCUT2D eigenvalue weighted by Crippen LogP contribution is 2.32. The fourth-order valence-electron chi connectivity index (χ4n) is 3.88. The van der Waals surface area contributed by atoms with Gasteiger partial charge in [0.2, 0.25) is 5.43 Å². The van der Waals surface area contributed by atoms with E-state index in [1.54, 1.807) is 0 Å². The Bertz CT molecular complexity index is 1100. The molecule has 158 valence electrons. The van der Waals surface area contributed by atoms with Crippen molar-refractivity contribution < 1.29 is 27.9 Å². The van der Waals surface area contributed by atoms with Crippen molar-refractivity contribution >= 4 is 11.8 Å². The van der Waals surface area contributed by atoms with Crippen molar-refractivity contribution in [3.05, 3.63) is 63.1 Å². The number of fused-ring (bicyclic) bond motifs is 4. The van der Waals surface area contributed by atoms with Crippen LogP contribution in [-0.2, 0) is 6.54 Å². The van der Waals surface area contributed by atoms with Gasteiger partial charge in [-0.05, 0) is 12.5 Å².